The zero-order chi connectivity index (χ0) is 30.9. The number of nitrogens with one attached hydrogen (secondary N) is 3. The zero-order valence-corrected chi connectivity index (χ0v) is 24.6. The van der Waals surface area contributed by atoms with Crippen LogP contribution in [0.2, 0.25) is 0 Å². The average Bonchev–Trinajstić information content (AvgIpc) is 2.99. The van der Waals surface area contributed by atoms with Crippen LogP contribution in [0.15, 0.2) is 108 Å². The minimum atomic E-state index is -0.592. The van der Waals surface area contributed by atoms with E-state index in [-0.39, 0.29) is 17.3 Å². The summed E-state index contributed by atoms with van der Waals surface area (Å²) in [6.07, 6.45) is 1.44. The van der Waals surface area contributed by atoms with E-state index in [9.17, 15) is 24.5 Å². The van der Waals surface area contributed by atoms with Gasteiger partial charge in [-0.2, -0.15) is 0 Å². The van der Waals surface area contributed by atoms with Gasteiger partial charge in [-0.05, 0) is 98.1 Å². The summed E-state index contributed by atoms with van der Waals surface area (Å²) in [6, 6.07) is 26.8. The summed E-state index contributed by atoms with van der Waals surface area (Å²) in [5.74, 6) is -1.23. The van der Waals surface area contributed by atoms with Crippen molar-refractivity contribution in [3.05, 3.63) is 135 Å². The number of hydrogen-bond donors (Lipinski definition) is 3. The normalized spacial score (nSPS) is 11.7. The smallest absolute Gasteiger partial charge is 0.272 e. The van der Waals surface area contributed by atoms with Crippen LogP contribution < -0.4 is 16.0 Å². The molecule has 0 spiro atoms. The zero-order valence-electron chi connectivity index (χ0n) is 23.8. The molecular weight excluding hydrogens is 564 g/mol. The molecule has 3 amide bonds. The quantitative estimate of drug-likeness (QED) is 0.0807. The summed E-state index contributed by atoms with van der Waals surface area (Å²) < 4.78 is 0. The fourth-order valence-electron chi connectivity index (χ4n) is 3.97. The summed E-state index contributed by atoms with van der Waals surface area (Å²) in [5.41, 5.74) is 4.11. The molecule has 4 aromatic rings. The number of thioether (sulfide) groups is 1. The first kappa shape index (κ1) is 30.7. The van der Waals surface area contributed by atoms with E-state index in [4.69, 9.17) is 0 Å². The molecule has 0 aromatic heterocycles. The molecule has 0 aliphatic carbocycles. The minimum absolute atomic E-state index is 0.0538. The fraction of sp³-hybridized carbons (Fsp3) is 0.121. The van der Waals surface area contributed by atoms with Crippen molar-refractivity contribution in [3.63, 3.8) is 0 Å². The Morgan fingerprint density at radius 1 is 0.814 bits per heavy atom. The van der Waals surface area contributed by atoms with E-state index in [0.717, 1.165) is 21.7 Å². The molecule has 43 heavy (non-hydrogen) atoms. The number of amides is 3. The van der Waals surface area contributed by atoms with Crippen LogP contribution >= 0.6 is 11.8 Å². The highest BCUT2D eigenvalue weighted by molar-refractivity contribution is 8.00. The summed E-state index contributed by atoms with van der Waals surface area (Å²) in [5, 5.41) is 19.0. The molecule has 0 aliphatic rings. The van der Waals surface area contributed by atoms with Crippen molar-refractivity contribution in [1.29, 1.82) is 0 Å². The summed E-state index contributed by atoms with van der Waals surface area (Å²) in [6.45, 7) is 5.80. The number of nitro groups is 1. The van der Waals surface area contributed by atoms with Crippen LogP contribution in [0, 0.1) is 24.0 Å². The minimum Gasteiger partial charge on any atom is -0.325 e. The van der Waals surface area contributed by atoms with Gasteiger partial charge in [0.1, 0.15) is 5.70 Å². The number of rotatable bonds is 10. The molecule has 0 aliphatic heterocycles. The van der Waals surface area contributed by atoms with Gasteiger partial charge in [0, 0.05) is 34.0 Å². The van der Waals surface area contributed by atoms with Crippen molar-refractivity contribution in [2.24, 2.45) is 0 Å². The maximum absolute atomic E-state index is 13.4. The maximum Gasteiger partial charge on any atom is 0.272 e. The number of nitro benzene ring substituents is 1. The first-order valence-corrected chi connectivity index (χ1v) is 14.3. The van der Waals surface area contributed by atoms with E-state index in [1.807, 2.05) is 38.1 Å². The van der Waals surface area contributed by atoms with Gasteiger partial charge >= 0.3 is 0 Å². The molecule has 3 N–H and O–H groups in total. The number of benzene rings is 4. The highest BCUT2D eigenvalue weighted by Crippen LogP contribution is 2.27. The number of carbonyl (C=O) groups is 3. The molecule has 0 saturated carbocycles. The molecular formula is C33H30N4O5S. The van der Waals surface area contributed by atoms with Gasteiger partial charge in [-0.25, -0.2) is 0 Å². The molecule has 4 rings (SSSR count). The predicted molar refractivity (Wildman–Crippen MR) is 170 cm³/mol. The number of anilines is 2. The lowest BCUT2D eigenvalue weighted by Crippen LogP contribution is -2.30. The van der Waals surface area contributed by atoms with Crippen molar-refractivity contribution in [2.45, 2.75) is 30.9 Å². The number of non-ortho nitro benzene ring substituents is 1. The van der Waals surface area contributed by atoms with Crippen LogP contribution in [-0.2, 0) is 9.59 Å². The molecule has 0 heterocycles. The van der Waals surface area contributed by atoms with Gasteiger partial charge in [-0.15, -0.1) is 11.8 Å². The van der Waals surface area contributed by atoms with Crippen LogP contribution in [0.1, 0.15) is 34.0 Å². The molecule has 1 unspecified atom stereocenters. The van der Waals surface area contributed by atoms with Crippen LogP contribution in [-0.4, -0.2) is 27.9 Å². The second-order valence-electron chi connectivity index (χ2n) is 9.76. The highest BCUT2D eigenvalue weighted by atomic mass is 32.2. The van der Waals surface area contributed by atoms with Crippen LogP contribution in [0.4, 0.5) is 17.1 Å². The Bertz CT molecular complexity index is 1690. The Morgan fingerprint density at radius 2 is 1.51 bits per heavy atom. The third-order valence-electron chi connectivity index (χ3n) is 6.49. The SMILES string of the molecule is Cc1ccc(NC(=O)C(C)Sc2cccc(NC(=O)/C(=C\c3ccc([N+](=O)[O-])cc3)NC(=O)c3ccccc3)c2)cc1C. The second kappa shape index (κ2) is 14.1. The van der Waals surface area contributed by atoms with Crippen LogP contribution in [0.3, 0.4) is 0 Å². The molecule has 0 bridgehead atoms. The lowest BCUT2D eigenvalue weighted by Gasteiger charge is -2.14. The van der Waals surface area contributed by atoms with E-state index in [1.165, 1.54) is 42.1 Å². The highest BCUT2D eigenvalue weighted by Gasteiger charge is 2.18. The second-order valence-corrected chi connectivity index (χ2v) is 11.2. The van der Waals surface area contributed by atoms with Crippen molar-refractivity contribution in [2.75, 3.05) is 10.6 Å². The van der Waals surface area contributed by atoms with E-state index in [2.05, 4.69) is 16.0 Å². The van der Waals surface area contributed by atoms with Gasteiger partial charge in [0.25, 0.3) is 17.5 Å². The Labute approximate surface area is 253 Å². The number of nitrogens with zero attached hydrogens (tertiary/aromatic N) is 1. The van der Waals surface area contributed by atoms with Gasteiger partial charge in [0.2, 0.25) is 5.91 Å². The van der Waals surface area contributed by atoms with Gasteiger partial charge in [-0.1, -0.05) is 30.3 Å². The van der Waals surface area contributed by atoms with Gasteiger partial charge in [-0.3, -0.25) is 24.5 Å². The Kier molecular flexibility index (Phi) is 10.1. The molecule has 0 fully saturated rings. The maximum atomic E-state index is 13.4. The van der Waals surface area contributed by atoms with Gasteiger partial charge in [0.05, 0.1) is 10.2 Å². The molecule has 1 atom stereocenters. The molecule has 9 nitrogen and oxygen atoms in total. The Balaban J connectivity index is 1.49. The standard InChI is InChI=1S/C33H30N4O5S/c1-21-12-15-27(18-22(21)2)34-31(38)23(3)43-29-11-7-10-26(20-29)35-33(40)30(36-32(39)25-8-5-4-6-9-25)19-24-13-16-28(17-14-24)37(41)42/h4-20,23H,1-3H3,(H,34,38)(H,35,40)(H,36,39)/b30-19+. The third kappa shape index (κ3) is 8.64. The van der Waals surface area contributed by atoms with E-state index >= 15 is 0 Å². The first-order chi connectivity index (χ1) is 20.6. The lowest BCUT2D eigenvalue weighted by atomic mass is 10.1. The fourth-order valence-corrected chi connectivity index (χ4v) is 4.89. The summed E-state index contributed by atoms with van der Waals surface area (Å²) in [4.78, 5) is 50.4. The van der Waals surface area contributed by atoms with Crippen molar-refractivity contribution in [1.82, 2.24) is 5.32 Å². The Morgan fingerprint density at radius 3 is 2.19 bits per heavy atom. The van der Waals surface area contributed by atoms with Gasteiger partial charge < -0.3 is 16.0 Å². The van der Waals surface area contributed by atoms with E-state index in [1.54, 1.807) is 55.5 Å². The van der Waals surface area contributed by atoms with Crippen molar-refractivity contribution < 1.29 is 19.3 Å². The molecule has 0 radical (unpaired) electrons. The number of aryl methyl sites for hydroxylation is 2. The molecule has 4 aromatic carbocycles. The first-order valence-electron chi connectivity index (χ1n) is 13.4. The van der Waals surface area contributed by atoms with E-state index < -0.39 is 22.0 Å². The summed E-state index contributed by atoms with van der Waals surface area (Å²) >= 11 is 1.34. The number of carbonyl (C=O) groups excluding carboxylic acids is 3. The van der Waals surface area contributed by atoms with Crippen LogP contribution in [0.25, 0.3) is 6.08 Å². The van der Waals surface area contributed by atoms with Crippen molar-refractivity contribution >= 4 is 52.6 Å². The topological polar surface area (TPSA) is 130 Å². The van der Waals surface area contributed by atoms with Crippen molar-refractivity contribution in [3.8, 4) is 0 Å². The monoisotopic (exact) mass is 594 g/mol. The largest absolute Gasteiger partial charge is 0.325 e. The molecule has 10 heteroatoms. The Hall–Kier alpha value is -5.22. The predicted octanol–water partition coefficient (Wildman–Crippen LogP) is 6.74. The van der Waals surface area contributed by atoms with Crippen LogP contribution in [0.5, 0.6) is 0 Å². The third-order valence-corrected chi connectivity index (χ3v) is 7.59. The number of hydrogen-bond acceptors (Lipinski definition) is 6. The lowest BCUT2D eigenvalue weighted by molar-refractivity contribution is -0.384. The van der Waals surface area contributed by atoms with Gasteiger partial charge in [0.15, 0.2) is 0 Å². The molecule has 218 valence electrons. The average molecular weight is 595 g/mol. The molecule has 0 saturated heterocycles. The van der Waals surface area contributed by atoms with E-state index in [0.29, 0.717) is 16.8 Å². The summed E-state index contributed by atoms with van der Waals surface area (Å²) in [7, 11) is 0.